The summed E-state index contributed by atoms with van der Waals surface area (Å²) >= 11 is 5.84. The summed E-state index contributed by atoms with van der Waals surface area (Å²) < 4.78 is 5.35. The van der Waals surface area contributed by atoms with E-state index < -0.39 is 0 Å². The molecule has 0 spiro atoms. The number of hydrogen-bond acceptors (Lipinski definition) is 3. The first kappa shape index (κ1) is 13.8. The lowest BCUT2D eigenvalue weighted by Gasteiger charge is -2.14. The molecule has 0 saturated heterocycles. The number of halogens is 1. The second-order valence-corrected chi connectivity index (χ2v) is 4.07. The van der Waals surface area contributed by atoms with Crippen LogP contribution in [0.15, 0.2) is 18.2 Å². The molecule has 1 atom stereocenters. The van der Waals surface area contributed by atoms with E-state index in [0.29, 0.717) is 22.9 Å². The molecule has 5 heteroatoms. The maximum atomic E-state index is 11.9. The third-order valence-electron chi connectivity index (χ3n) is 2.14. The highest BCUT2D eigenvalue weighted by Crippen LogP contribution is 2.23. The van der Waals surface area contributed by atoms with Crippen LogP contribution in [0.25, 0.3) is 0 Å². The summed E-state index contributed by atoms with van der Waals surface area (Å²) in [4.78, 5) is 11.9. The first-order valence-corrected chi connectivity index (χ1v) is 5.80. The molecule has 1 unspecified atom stereocenters. The number of carbonyl (C=O) groups is 1. The lowest BCUT2D eigenvalue weighted by molar-refractivity contribution is 0.0918. The van der Waals surface area contributed by atoms with Gasteiger partial charge in [0.1, 0.15) is 5.75 Å². The van der Waals surface area contributed by atoms with Crippen molar-refractivity contribution in [2.24, 2.45) is 0 Å². The van der Waals surface area contributed by atoms with Crippen LogP contribution in [0, 0.1) is 0 Å². The molecule has 0 aliphatic carbocycles. The van der Waals surface area contributed by atoms with E-state index in [-0.39, 0.29) is 18.6 Å². The topological polar surface area (TPSA) is 58.6 Å². The van der Waals surface area contributed by atoms with Crippen LogP contribution in [-0.2, 0) is 0 Å². The number of carbonyl (C=O) groups excluding carboxylic acids is 1. The monoisotopic (exact) mass is 257 g/mol. The Morgan fingerprint density at radius 2 is 2.29 bits per heavy atom. The summed E-state index contributed by atoms with van der Waals surface area (Å²) in [5.74, 6) is 0.161. The van der Waals surface area contributed by atoms with E-state index >= 15 is 0 Å². The Hall–Kier alpha value is -1.26. The molecule has 0 aromatic heterocycles. The molecule has 17 heavy (non-hydrogen) atoms. The molecule has 1 aromatic carbocycles. The zero-order chi connectivity index (χ0) is 12.8. The summed E-state index contributed by atoms with van der Waals surface area (Å²) in [6.45, 7) is 3.90. The fourth-order valence-electron chi connectivity index (χ4n) is 1.31. The van der Waals surface area contributed by atoms with Gasteiger partial charge in [0, 0.05) is 11.1 Å². The number of amides is 1. The molecule has 0 fully saturated rings. The molecule has 1 aromatic rings. The smallest absolute Gasteiger partial charge is 0.255 e. The second-order valence-electron chi connectivity index (χ2n) is 3.63. The Labute approximate surface area is 106 Å². The van der Waals surface area contributed by atoms with E-state index in [1.54, 1.807) is 25.1 Å². The van der Waals surface area contributed by atoms with Crippen molar-refractivity contribution in [3.63, 3.8) is 0 Å². The van der Waals surface area contributed by atoms with Crippen molar-refractivity contribution >= 4 is 17.5 Å². The number of benzene rings is 1. The standard InChI is InChI=1S/C12H16ClNO3/c1-3-17-11-6-9(13)4-5-10(11)12(16)14-8(2)7-15/h4-6,8,15H,3,7H2,1-2H3,(H,14,16). The number of hydrogen-bond donors (Lipinski definition) is 2. The van der Waals surface area contributed by atoms with Crippen LogP contribution in [-0.4, -0.2) is 30.3 Å². The molecule has 1 rings (SSSR count). The highest BCUT2D eigenvalue weighted by atomic mass is 35.5. The van der Waals surface area contributed by atoms with Gasteiger partial charge in [-0.1, -0.05) is 11.6 Å². The summed E-state index contributed by atoms with van der Waals surface area (Å²) in [5, 5.41) is 12.0. The van der Waals surface area contributed by atoms with Crippen molar-refractivity contribution in [3.05, 3.63) is 28.8 Å². The average molecular weight is 258 g/mol. The van der Waals surface area contributed by atoms with E-state index in [0.717, 1.165) is 0 Å². The molecule has 0 bridgehead atoms. The highest BCUT2D eigenvalue weighted by molar-refractivity contribution is 6.30. The van der Waals surface area contributed by atoms with Crippen LogP contribution in [0.3, 0.4) is 0 Å². The van der Waals surface area contributed by atoms with Crippen LogP contribution in [0.5, 0.6) is 5.75 Å². The zero-order valence-electron chi connectivity index (χ0n) is 9.87. The minimum atomic E-state index is -0.298. The Morgan fingerprint density at radius 1 is 1.59 bits per heavy atom. The van der Waals surface area contributed by atoms with Gasteiger partial charge in [0.25, 0.3) is 5.91 Å². The third kappa shape index (κ3) is 3.91. The minimum absolute atomic E-state index is 0.108. The van der Waals surface area contributed by atoms with E-state index in [1.807, 2.05) is 6.92 Å². The average Bonchev–Trinajstić information content (AvgIpc) is 2.29. The van der Waals surface area contributed by atoms with Crippen molar-refractivity contribution in [1.82, 2.24) is 5.32 Å². The number of rotatable bonds is 5. The molecule has 0 aliphatic rings. The number of aliphatic hydroxyl groups excluding tert-OH is 1. The Bertz CT molecular complexity index is 395. The molecule has 0 aliphatic heterocycles. The highest BCUT2D eigenvalue weighted by Gasteiger charge is 2.14. The fourth-order valence-corrected chi connectivity index (χ4v) is 1.47. The van der Waals surface area contributed by atoms with Crippen LogP contribution in [0.2, 0.25) is 5.02 Å². The number of nitrogens with one attached hydrogen (secondary N) is 1. The number of ether oxygens (including phenoxy) is 1. The van der Waals surface area contributed by atoms with Crippen molar-refractivity contribution < 1.29 is 14.6 Å². The van der Waals surface area contributed by atoms with Gasteiger partial charge in [-0.05, 0) is 32.0 Å². The van der Waals surface area contributed by atoms with Gasteiger partial charge in [-0.3, -0.25) is 4.79 Å². The van der Waals surface area contributed by atoms with Crippen LogP contribution in [0.1, 0.15) is 24.2 Å². The zero-order valence-corrected chi connectivity index (χ0v) is 10.6. The van der Waals surface area contributed by atoms with E-state index in [2.05, 4.69) is 5.32 Å². The van der Waals surface area contributed by atoms with Gasteiger partial charge in [-0.2, -0.15) is 0 Å². The maximum Gasteiger partial charge on any atom is 0.255 e. The van der Waals surface area contributed by atoms with Gasteiger partial charge < -0.3 is 15.2 Å². The predicted molar refractivity (Wildman–Crippen MR) is 66.6 cm³/mol. The molecule has 94 valence electrons. The third-order valence-corrected chi connectivity index (χ3v) is 2.37. The van der Waals surface area contributed by atoms with Gasteiger partial charge in [0.15, 0.2) is 0 Å². The molecule has 0 radical (unpaired) electrons. The van der Waals surface area contributed by atoms with Gasteiger partial charge in [-0.15, -0.1) is 0 Å². The molecule has 1 amide bonds. The Balaban J connectivity index is 2.91. The molecular formula is C12H16ClNO3. The van der Waals surface area contributed by atoms with Crippen LogP contribution >= 0.6 is 11.6 Å². The molecular weight excluding hydrogens is 242 g/mol. The SMILES string of the molecule is CCOc1cc(Cl)ccc1C(=O)NC(C)CO. The van der Waals surface area contributed by atoms with Gasteiger partial charge in [0.2, 0.25) is 0 Å². The van der Waals surface area contributed by atoms with Crippen LogP contribution in [0.4, 0.5) is 0 Å². The Morgan fingerprint density at radius 3 is 2.88 bits per heavy atom. The van der Waals surface area contributed by atoms with Gasteiger partial charge in [0.05, 0.1) is 18.8 Å². The molecule has 4 nitrogen and oxygen atoms in total. The minimum Gasteiger partial charge on any atom is -0.493 e. The van der Waals surface area contributed by atoms with Crippen molar-refractivity contribution in [2.45, 2.75) is 19.9 Å². The quantitative estimate of drug-likeness (QED) is 0.846. The van der Waals surface area contributed by atoms with E-state index in [9.17, 15) is 4.79 Å². The molecule has 0 saturated carbocycles. The molecule has 2 N–H and O–H groups in total. The first-order chi connectivity index (χ1) is 8.08. The molecule has 0 heterocycles. The van der Waals surface area contributed by atoms with Crippen molar-refractivity contribution in [1.29, 1.82) is 0 Å². The first-order valence-electron chi connectivity index (χ1n) is 5.42. The second kappa shape index (κ2) is 6.47. The normalized spacial score (nSPS) is 12.0. The van der Waals surface area contributed by atoms with Gasteiger partial charge in [-0.25, -0.2) is 0 Å². The largest absolute Gasteiger partial charge is 0.493 e. The summed E-state index contributed by atoms with van der Waals surface area (Å²) in [6.07, 6.45) is 0. The van der Waals surface area contributed by atoms with Crippen LogP contribution < -0.4 is 10.1 Å². The fraction of sp³-hybridized carbons (Fsp3) is 0.417. The summed E-state index contributed by atoms with van der Waals surface area (Å²) in [5.41, 5.74) is 0.413. The lowest BCUT2D eigenvalue weighted by Crippen LogP contribution is -2.35. The van der Waals surface area contributed by atoms with E-state index in [1.165, 1.54) is 0 Å². The van der Waals surface area contributed by atoms with Crippen molar-refractivity contribution in [2.75, 3.05) is 13.2 Å². The Kier molecular flexibility index (Phi) is 5.25. The van der Waals surface area contributed by atoms with Crippen molar-refractivity contribution in [3.8, 4) is 5.75 Å². The number of aliphatic hydroxyl groups is 1. The lowest BCUT2D eigenvalue weighted by atomic mass is 10.1. The predicted octanol–water partition coefficient (Wildman–Crippen LogP) is 1.85. The summed E-state index contributed by atoms with van der Waals surface area (Å²) in [6, 6.07) is 4.53. The maximum absolute atomic E-state index is 11.9. The van der Waals surface area contributed by atoms with E-state index in [4.69, 9.17) is 21.4 Å². The van der Waals surface area contributed by atoms with Gasteiger partial charge >= 0.3 is 0 Å². The summed E-state index contributed by atoms with van der Waals surface area (Å²) in [7, 11) is 0.